The summed E-state index contributed by atoms with van der Waals surface area (Å²) < 4.78 is 0. The Kier molecular flexibility index (Phi) is 5.47. The second-order valence-corrected chi connectivity index (χ2v) is 6.42. The van der Waals surface area contributed by atoms with E-state index in [4.69, 9.17) is 5.73 Å². The van der Waals surface area contributed by atoms with Crippen LogP contribution in [0, 0.1) is 12.3 Å². The first kappa shape index (κ1) is 15.4. The molecule has 0 bridgehead atoms. The smallest absolute Gasteiger partial charge is 0.0396 e. The molecule has 1 aliphatic rings. The maximum absolute atomic E-state index is 6.20. The van der Waals surface area contributed by atoms with Crippen molar-refractivity contribution >= 4 is 5.69 Å². The first-order chi connectivity index (χ1) is 9.71. The molecule has 1 aromatic carbocycles. The van der Waals surface area contributed by atoms with Crippen LogP contribution in [0.4, 0.5) is 5.69 Å². The summed E-state index contributed by atoms with van der Waals surface area (Å²) in [5.41, 5.74) is 9.28. The van der Waals surface area contributed by atoms with Gasteiger partial charge in [0, 0.05) is 24.2 Å². The fourth-order valence-electron chi connectivity index (χ4n) is 3.60. The van der Waals surface area contributed by atoms with Gasteiger partial charge >= 0.3 is 0 Å². The minimum atomic E-state index is 0.328. The van der Waals surface area contributed by atoms with Crippen molar-refractivity contribution in [3.8, 4) is 0 Å². The molecule has 0 saturated heterocycles. The average molecular weight is 274 g/mol. The van der Waals surface area contributed by atoms with E-state index in [9.17, 15) is 0 Å². The lowest BCUT2D eigenvalue weighted by molar-refractivity contribution is 0.259. The fraction of sp³-hybridized carbons (Fsp3) is 0.667. The van der Waals surface area contributed by atoms with Gasteiger partial charge in [-0.1, -0.05) is 43.9 Å². The van der Waals surface area contributed by atoms with Crippen molar-refractivity contribution in [2.75, 3.05) is 24.5 Å². The topological polar surface area (TPSA) is 29.3 Å². The molecule has 1 aliphatic carbocycles. The average Bonchev–Trinajstić information content (AvgIpc) is 2.72. The second-order valence-electron chi connectivity index (χ2n) is 6.42. The van der Waals surface area contributed by atoms with E-state index in [1.165, 1.54) is 49.8 Å². The predicted molar refractivity (Wildman–Crippen MR) is 88.3 cm³/mol. The Morgan fingerprint density at radius 2 is 1.75 bits per heavy atom. The third-order valence-electron chi connectivity index (χ3n) is 4.96. The number of nitrogens with zero attached hydrogens (tertiary/aromatic N) is 1. The molecule has 0 aromatic heterocycles. The van der Waals surface area contributed by atoms with Gasteiger partial charge in [-0.25, -0.2) is 0 Å². The Balaban J connectivity index is 2.17. The van der Waals surface area contributed by atoms with Gasteiger partial charge in [0.2, 0.25) is 0 Å². The highest BCUT2D eigenvalue weighted by atomic mass is 15.1. The number of rotatable bonds is 5. The van der Waals surface area contributed by atoms with Gasteiger partial charge in [-0.05, 0) is 44.9 Å². The third kappa shape index (κ3) is 3.54. The quantitative estimate of drug-likeness (QED) is 0.818. The summed E-state index contributed by atoms with van der Waals surface area (Å²) in [7, 11) is 0. The molecule has 2 heteroatoms. The van der Waals surface area contributed by atoms with Crippen LogP contribution < -0.4 is 10.6 Å². The molecule has 0 spiro atoms. The molecular formula is C18H30N2. The zero-order valence-corrected chi connectivity index (χ0v) is 13.2. The minimum Gasteiger partial charge on any atom is -0.371 e. The van der Waals surface area contributed by atoms with Gasteiger partial charge in [-0.2, -0.15) is 0 Å². The van der Waals surface area contributed by atoms with Gasteiger partial charge < -0.3 is 10.6 Å². The van der Waals surface area contributed by atoms with Gasteiger partial charge in [0.25, 0.3) is 0 Å². The van der Waals surface area contributed by atoms with E-state index in [-0.39, 0.29) is 0 Å². The Morgan fingerprint density at radius 3 is 2.30 bits per heavy atom. The van der Waals surface area contributed by atoms with Crippen molar-refractivity contribution in [3.05, 3.63) is 29.8 Å². The van der Waals surface area contributed by atoms with Gasteiger partial charge in [0.05, 0.1) is 0 Å². The lowest BCUT2D eigenvalue weighted by Crippen LogP contribution is -2.42. The van der Waals surface area contributed by atoms with E-state index < -0.39 is 0 Å². The maximum atomic E-state index is 6.20. The highest BCUT2D eigenvalue weighted by Gasteiger charge is 2.31. The zero-order valence-electron chi connectivity index (χ0n) is 13.2. The summed E-state index contributed by atoms with van der Waals surface area (Å²) in [4.78, 5) is 2.54. The molecule has 1 fully saturated rings. The number of aryl methyl sites for hydroxylation is 1. The van der Waals surface area contributed by atoms with Crippen molar-refractivity contribution in [3.63, 3.8) is 0 Å². The third-order valence-corrected chi connectivity index (χ3v) is 4.96. The van der Waals surface area contributed by atoms with Crippen molar-refractivity contribution < 1.29 is 0 Å². The number of hydrogen-bond donors (Lipinski definition) is 1. The van der Waals surface area contributed by atoms with E-state index in [1.807, 2.05) is 0 Å². The number of anilines is 1. The molecule has 0 unspecified atom stereocenters. The molecular weight excluding hydrogens is 244 g/mol. The van der Waals surface area contributed by atoms with E-state index in [2.05, 4.69) is 43.0 Å². The van der Waals surface area contributed by atoms with Crippen LogP contribution in [0.2, 0.25) is 0 Å². The normalized spacial score (nSPS) is 18.6. The molecule has 0 heterocycles. The van der Waals surface area contributed by atoms with Crippen LogP contribution in [0.5, 0.6) is 0 Å². The minimum absolute atomic E-state index is 0.328. The lowest BCUT2D eigenvalue weighted by Gasteiger charge is -2.38. The fourth-order valence-corrected chi connectivity index (χ4v) is 3.60. The number of hydrogen-bond acceptors (Lipinski definition) is 2. The molecule has 0 amide bonds. The van der Waals surface area contributed by atoms with Crippen LogP contribution in [0.3, 0.4) is 0 Å². The first-order valence-electron chi connectivity index (χ1n) is 8.21. The predicted octanol–water partition coefficient (Wildman–Crippen LogP) is 4.12. The lowest BCUT2D eigenvalue weighted by atomic mass is 9.79. The van der Waals surface area contributed by atoms with Gasteiger partial charge in [0.1, 0.15) is 0 Å². The van der Waals surface area contributed by atoms with E-state index in [0.29, 0.717) is 5.41 Å². The first-order valence-corrected chi connectivity index (χ1v) is 8.21. The molecule has 0 radical (unpaired) electrons. The molecule has 2 nitrogen and oxygen atoms in total. The number of nitrogens with two attached hydrogens (primary N) is 1. The Labute approximate surface area is 124 Å². The largest absolute Gasteiger partial charge is 0.371 e. The van der Waals surface area contributed by atoms with Crippen LogP contribution in [-0.4, -0.2) is 19.6 Å². The Hall–Kier alpha value is -1.02. The Bertz CT molecular complexity index is 406. The highest BCUT2D eigenvalue weighted by molar-refractivity contribution is 5.53. The summed E-state index contributed by atoms with van der Waals surface area (Å²) in [6.07, 6.45) is 8.07. The van der Waals surface area contributed by atoms with Crippen molar-refractivity contribution in [2.45, 2.75) is 52.4 Å². The van der Waals surface area contributed by atoms with Crippen LogP contribution >= 0.6 is 0 Å². The molecule has 0 atom stereocenters. The number of para-hydroxylation sites is 1. The molecule has 2 rings (SSSR count). The molecule has 112 valence electrons. The van der Waals surface area contributed by atoms with Crippen LogP contribution in [0.25, 0.3) is 0 Å². The maximum Gasteiger partial charge on any atom is 0.0396 e. The van der Waals surface area contributed by atoms with Crippen molar-refractivity contribution in [1.82, 2.24) is 0 Å². The van der Waals surface area contributed by atoms with Gasteiger partial charge in [0.15, 0.2) is 0 Å². The molecule has 2 N–H and O–H groups in total. The summed E-state index contributed by atoms with van der Waals surface area (Å²) >= 11 is 0. The summed E-state index contributed by atoms with van der Waals surface area (Å²) in [5.74, 6) is 0. The van der Waals surface area contributed by atoms with Crippen LogP contribution in [0.1, 0.15) is 51.0 Å². The summed E-state index contributed by atoms with van der Waals surface area (Å²) in [6, 6.07) is 8.73. The molecule has 0 aliphatic heterocycles. The molecule has 20 heavy (non-hydrogen) atoms. The van der Waals surface area contributed by atoms with Crippen molar-refractivity contribution in [1.29, 1.82) is 0 Å². The standard InChI is InChI=1S/C18H30N2/c1-3-20(17-11-7-6-10-16(17)2)15-18(14-19)12-8-4-5-9-13-18/h6-7,10-11H,3-5,8-9,12-15,19H2,1-2H3. The SMILES string of the molecule is CCN(CC1(CN)CCCCCC1)c1ccccc1C. The summed E-state index contributed by atoms with van der Waals surface area (Å²) in [6.45, 7) is 7.47. The monoisotopic (exact) mass is 274 g/mol. The molecule has 1 aromatic rings. The second kappa shape index (κ2) is 7.12. The van der Waals surface area contributed by atoms with Gasteiger partial charge in [-0.15, -0.1) is 0 Å². The van der Waals surface area contributed by atoms with E-state index in [0.717, 1.165) is 19.6 Å². The zero-order chi connectivity index (χ0) is 14.4. The summed E-state index contributed by atoms with van der Waals surface area (Å²) in [5, 5.41) is 0. The van der Waals surface area contributed by atoms with Gasteiger partial charge in [-0.3, -0.25) is 0 Å². The van der Waals surface area contributed by atoms with E-state index >= 15 is 0 Å². The van der Waals surface area contributed by atoms with E-state index in [1.54, 1.807) is 0 Å². The van der Waals surface area contributed by atoms with Crippen LogP contribution in [0.15, 0.2) is 24.3 Å². The Morgan fingerprint density at radius 1 is 1.10 bits per heavy atom. The van der Waals surface area contributed by atoms with Crippen LogP contribution in [-0.2, 0) is 0 Å². The highest BCUT2D eigenvalue weighted by Crippen LogP contribution is 2.36. The van der Waals surface area contributed by atoms with Crippen molar-refractivity contribution in [2.24, 2.45) is 11.1 Å². The number of benzene rings is 1. The molecule has 1 saturated carbocycles.